The average molecular weight is 1060 g/mol. The smallest absolute Gasteiger partial charge is 0.144 e. The van der Waals surface area contributed by atoms with Gasteiger partial charge in [-0.15, -0.1) is 0 Å². The third-order valence-corrected chi connectivity index (χ3v) is 18.0. The Labute approximate surface area is 481 Å². The molecule has 0 N–H and O–H groups in total. The van der Waals surface area contributed by atoms with E-state index in [0.717, 1.165) is 83.2 Å². The highest BCUT2D eigenvalue weighted by molar-refractivity contribution is 6.24. The van der Waals surface area contributed by atoms with Crippen LogP contribution in [0.5, 0.6) is 0 Å². The maximum Gasteiger partial charge on any atom is 0.144 e. The van der Waals surface area contributed by atoms with Gasteiger partial charge in [-0.1, -0.05) is 249 Å². The zero-order valence-corrected chi connectivity index (χ0v) is 45.2. The minimum Gasteiger partial charge on any atom is -0.456 e. The van der Waals surface area contributed by atoms with E-state index in [2.05, 4.69) is 314 Å². The standard InChI is InChI=1S/C80H51NO2/c1-6-23-52(24-7-1)53-25-22-34-59(47-53)81(61-42-45-65-63-36-17-20-39-70(63)80(72(65)50-61,57-30-12-4-13-31-57)58-32-14-5-15-33-58)60-43-46-74-67(49-60)68-51-75-77(66-37-18-21-40-73(66)82-75)76(78(68)83-74)54-41-44-64-62-35-16-19-38-69(62)79(71(64)48-54,55-26-8-2-9-27-55)56-28-10-3-11-29-56/h1-51H. The highest BCUT2D eigenvalue weighted by Crippen LogP contribution is 2.60. The summed E-state index contributed by atoms with van der Waals surface area (Å²) < 4.78 is 14.3. The number of nitrogens with zero attached hydrogens (tertiary/aromatic N) is 1. The first kappa shape index (κ1) is 47.1. The van der Waals surface area contributed by atoms with Crippen molar-refractivity contribution < 1.29 is 8.83 Å². The van der Waals surface area contributed by atoms with Crippen molar-refractivity contribution >= 4 is 60.9 Å². The molecule has 2 aliphatic carbocycles. The Kier molecular flexibility index (Phi) is 10.4. The average Bonchev–Trinajstić information content (AvgIpc) is 2.08. The fourth-order valence-corrected chi connectivity index (χ4v) is 14.6. The second kappa shape index (κ2) is 18.4. The second-order valence-electron chi connectivity index (χ2n) is 22.2. The van der Waals surface area contributed by atoms with Gasteiger partial charge in [0, 0.05) is 44.2 Å². The van der Waals surface area contributed by atoms with Crippen LogP contribution in [0.4, 0.5) is 17.1 Å². The van der Waals surface area contributed by atoms with Crippen LogP contribution in [0.3, 0.4) is 0 Å². The van der Waals surface area contributed by atoms with E-state index < -0.39 is 10.8 Å². The number of rotatable bonds is 9. The molecule has 3 heteroatoms. The fourth-order valence-electron chi connectivity index (χ4n) is 14.6. The third-order valence-electron chi connectivity index (χ3n) is 18.0. The Hall–Kier alpha value is -10.7. The summed E-state index contributed by atoms with van der Waals surface area (Å²) >= 11 is 0. The molecular formula is C80H51NO2. The van der Waals surface area contributed by atoms with Crippen molar-refractivity contribution in [2.45, 2.75) is 10.8 Å². The summed E-state index contributed by atoms with van der Waals surface area (Å²) in [6.45, 7) is 0. The van der Waals surface area contributed by atoms with Crippen LogP contribution in [0, 0.1) is 0 Å². The van der Waals surface area contributed by atoms with Gasteiger partial charge in [-0.05, 0) is 144 Å². The lowest BCUT2D eigenvalue weighted by molar-refractivity contribution is 0.664. The minimum atomic E-state index is -0.581. The zero-order valence-electron chi connectivity index (χ0n) is 45.2. The molecule has 0 aliphatic heterocycles. The molecule has 3 nitrogen and oxygen atoms in total. The molecule has 0 bridgehead atoms. The number of para-hydroxylation sites is 1. The monoisotopic (exact) mass is 1060 g/mol. The highest BCUT2D eigenvalue weighted by Gasteiger charge is 2.48. The zero-order chi connectivity index (χ0) is 54.6. The number of hydrogen-bond acceptors (Lipinski definition) is 3. The van der Waals surface area contributed by atoms with Gasteiger partial charge < -0.3 is 13.7 Å². The van der Waals surface area contributed by atoms with Crippen molar-refractivity contribution in [1.29, 1.82) is 0 Å². The summed E-state index contributed by atoms with van der Waals surface area (Å²) in [6, 6.07) is 113. The number of hydrogen-bond donors (Lipinski definition) is 0. The Morgan fingerprint density at radius 3 is 1.35 bits per heavy atom. The SMILES string of the molecule is c1ccc(-c2cccc(N(c3ccc4c(c3)C(c3ccccc3)(c3ccccc3)c3ccccc3-4)c3ccc4oc5c(-c6ccc7c(c6)C(c6ccccc6)(c6ccccc6)c6ccccc6-7)c6c(cc5c4c3)oc3ccccc36)c2)cc1. The van der Waals surface area contributed by atoms with Gasteiger partial charge in [-0.2, -0.15) is 0 Å². The fraction of sp³-hybridized carbons (Fsp3) is 0.0250. The summed E-state index contributed by atoms with van der Waals surface area (Å²) in [5, 5.41) is 4.07. The van der Waals surface area contributed by atoms with E-state index >= 15 is 0 Å². The van der Waals surface area contributed by atoms with Crippen LogP contribution in [0.15, 0.2) is 318 Å². The highest BCUT2D eigenvalue weighted by atomic mass is 16.3. The molecule has 2 aliphatic rings. The number of furan rings is 2. The van der Waals surface area contributed by atoms with E-state index in [9.17, 15) is 0 Å². The number of benzene rings is 13. The summed E-state index contributed by atoms with van der Waals surface area (Å²) in [7, 11) is 0. The Morgan fingerprint density at radius 1 is 0.253 bits per heavy atom. The van der Waals surface area contributed by atoms with E-state index in [4.69, 9.17) is 8.83 Å². The predicted octanol–water partition coefficient (Wildman–Crippen LogP) is 21.0. The predicted molar refractivity (Wildman–Crippen MR) is 341 cm³/mol. The molecule has 0 fully saturated rings. The van der Waals surface area contributed by atoms with Crippen LogP contribution < -0.4 is 4.90 Å². The van der Waals surface area contributed by atoms with E-state index in [1.807, 2.05) is 0 Å². The van der Waals surface area contributed by atoms with Gasteiger partial charge in [-0.25, -0.2) is 0 Å². The lowest BCUT2D eigenvalue weighted by Gasteiger charge is -2.35. The first-order valence-corrected chi connectivity index (χ1v) is 28.6. The van der Waals surface area contributed by atoms with Gasteiger partial charge in [0.1, 0.15) is 22.3 Å². The van der Waals surface area contributed by atoms with Crippen molar-refractivity contribution in [3.63, 3.8) is 0 Å². The van der Waals surface area contributed by atoms with Crippen LogP contribution in [0.2, 0.25) is 0 Å². The molecule has 13 aromatic carbocycles. The molecule has 0 radical (unpaired) electrons. The van der Waals surface area contributed by atoms with Crippen molar-refractivity contribution in [2.24, 2.45) is 0 Å². The molecule has 15 aromatic rings. The Bertz CT molecular complexity index is 4940. The quantitative estimate of drug-likeness (QED) is 0.144. The largest absolute Gasteiger partial charge is 0.456 e. The summed E-state index contributed by atoms with van der Waals surface area (Å²) in [4.78, 5) is 2.43. The molecule has 0 saturated carbocycles. The molecule has 388 valence electrons. The maximum absolute atomic E-state index is 7.35. The van der Waals surface area contributed by atoms with E-state index in [0.29, 0.717) is 0 Å². The lowest BCUT2D eigenvalue weighted by Crippen LogP contribution is -2.28. The topological polar surface area (TPSA) is 29.5 Å². The van der Waals surface area contributed by atoms with Gasteiger partial charge in [-0.3, -0.25) is 0 Å². The summed E-state index contributed by atoms with van der Waals surface area (Å²) in [5.74, 6) is 0. The first-order chi connectivity index (χ1) is 41.2. The molecule has 83 heavy (non-hydrogen) atoms. The van der Waals surface area contributed by atoms with Crippen LogP contribution in [0.1, 0.15) is 44.5 Å². The molecule has 17 rings (SSSR count). The molecule has 0 saturated heterocycles. The van der Waals surface area contributed by atoms with E-state index in [-0.39, 0.29) is 0 Å². The van der Waals surface area contributed by atoms with Crippen LogP contribution in [-0.4, -0.2) is 0 Å². The second-order valence-corrected chi connectivity index (χ2v) is 22.2. The number of anilines is 3. The maximum atomic E-state index is 7.35. The molecule has 2 heterocycles. The van der Waals surface area contributed by atoms with Crippen molar-refractivity contribution in [3.8, 4) is 44.5 Å². The van der Waals surface area contributed by atoms with Crippen molar-refractivity contribution in [1.82, 2.24) is 0 Å². The normalized spacial score (nSPS) is 13.5. The Morgan fingerprint density at radius 2 is 0.723 bits per heavy atom. The lowest BCUT2D eigenvalue weighted by atomic mass is 9.67. The number of fused-ring (bicyclic) bond motifs is 12. The molecule has 0 spiro atoms. The van der Waals surface area contributed by atoms with Gasteiger partial charge >= 0.3 is 0 Å². The van der Waals surface area contributed by atoms with Gasteiger partial charge in [0.05, 0.1) is 10.8 Å². The van der Waals surface area contributed by atoms with Gasteiger partial charge in [0.2, 0.25) is 0 Å². The van der Waals surface area contributed by atoms with Crippen molar-refractivity contribution in [2.75, 3.05) is 4.90 Å². The van der Waals surface area contributed by atoms with Gasteiger partial charge in [0.15, 0.2) is 0 Å². The van der Waals surface area contributed by atoms with Crippen molar-refractivity contribution in [3.05, 3.63) is 354 Å². The van der Waals surface area contributed by atoms with E-state index in [1.54, 1.807) is 0 Å². The molecular weight excluding hydrogens is 1010 g/mol. The first-order valence-electron chi connectivity index (χ1n) is 28.6. The summed E-state index contributed by atoms with van der Waals surface area (Å²) in [5.41, 5.74) is 24.4. The minimum absolute atomic E-state index is 0.580. The molecule has 0 amide bonds. The molecule has 0 unspecified atom stereocenters. The molecule has 0 atom stereocenters. The third kappa shape index (κ3) is 6.86. The van der Waals surface area contributed by atoms with Crippen LogP contribution >= 0.6 is 0 Å². The summed E-state index contributed by atoms with van der Waals surface area (Å²) in [6.07, 6.45) is 0. The van der Waals surface area contributed by atoms with Crippen LogP contribution in [-0.2, 0) is 10.8 Å². The van der Waals surface area contributed by atoms with E-state index in [1.165, 1.54) is 66.8 Å². The molecule has 2 aromatic heterocycles. The van der Waals surface area contributed by atoms with Crippen LogP contribution in [0.25, 0.3) is 88.4 Å². The Balaban J connectivity index is 0.915. The van der Waals surface area contributed by atoms with Gasteiger partial charge in [0.25, 0.3) is 0 Å².